The van der Waals surface area contributed by atoms with Crippen molar-refractivity contribution in [1.82, 2.24) is 5.32 Å². The van der Waals surface area contributed by atoms with Crippen LogP contribution in [0.1, 0.15) is 29.6 Å². The molecule has 4 nitrogen and oxygen atoms in total. The zero-order valence-corrected chi connectivity index (χ0v) is 11.1. The first-order valence-corrected chi connectivity index (χ1v) is 7.26. The Labute approximate surface area is 111 Å². The van der Waals surface area contributed by atoms with Gasteiger partial charge in [-0.3, -0.25) is 4.79 Å². The Kier molecular flexibility index (Phi) is 4.36. The molecule has 5 N–H and O–H groups in total. The van der Waals surface area contributed by atoms with E-state index < -0.39 is 0 Å². The molecule has 1 fully saturated rings. The number of hydrogen-bond acceptors (Lipinski definition) is 4. The van der Waals surface area contributed by atoms with E-state index in [0.29, 0.717) is 28.7 Å². The zero-order chi connectivity index (χ0) is 13.0. The van der Waals surface area contributed by atoms with Crippen molar-refractivity contribution in [3.05, 3.63) is 23.8 Å². The van der Waals surface area contributed by atoms with Gasteiger partial charge in [-0.2, -0.15) is 11.8 Å². The highest BCUT2D eigenvalue weighted by Gasteiger charge is 2.16. The summed E-state index contributed by atoms with van der Waals surface area (Å²) in [6.07, 6.45) is 3.74. The summed E-state index contributed by atoms with van der Waals surface area (Å²) < 4.78 is 0. The predicted molar refractivity (Wildman–Crippen MR) is 77.7 cm³/mol. The summed E-state index contributed by atoms with van der Waals surface area (Å²) in [5.74, 6) is 1.09. The normalized spacial score (nSPS) is 19.4. The van der Waals surface area contributed by atoms with Crippen LogP contribution in [0.5, 0.6) is 0 Å². The van der Waals surface area contributed by atoms with Crippen LogP contribution in [0.25, 0.3) is 0 Å². The van der Waals surface area contributed by atoms with Crippen molar-refractivity contribution < 1.29 is 4.79 Å². The maximum atomic E-state index is 12.0. The summed E-state index contributed by atoms with van der Waals surface area (Å²) >= 11 is 1.94. The molecule has 1 aromatic carbocycles. The molecule has 18 heavy (non-hydrogen) atoms. The van der Waals surface area contributed by atoms with Gasteiger partial charge in [0.25, 0.3) is 5.91 Å². The molecule has 0 saturated carbocycles. The van der Waals surface area contributed by atoms with E-state index >= 15 is 0 Å². The monoisotopic (exact) mass is 265 g/mol. The number of benzene rings is 1. The molecule has 0 radical (unpaired) electrons. The minimum atomic E-state index is -0.112. The summed E-state index contributed by atoms with van der Waals surface area (Å²) in [4.78, 5) is 12.0. The summed E-state index contributed by atoms with van der Waals surface area (Å²) in [6.45, 7) is 0.716. The van der Waals surface area contributed by atoms with Gasteiger partial charge < -0.3 is 16.8 Å². The first kappa shape index (κ1) is 13.1. The number of nitrogens with one attached hydrogen (secondary N) is 1. The number of carbonyl (C=O) groups is 1. The lowest BCUT2D eigenvalue weighted by Crippen LogP contribution is -2.32. The fourth-order valence-corrected chi connectivity index (χ4v) is 3.30. The first-order valence-electron chi connectivity index (χ1n) is 6.21. The second kappa shape index (κ2) is 6.00. The number of anilines is 2. The number of carbonyl (C=O) groups excluding carboxylic acids is 1. The average Bonchev–Trinajstić information content (AvgIpc) is 2.37. The molecule has 5 heteroatoms. The second-order valence-electron chi connectivity index (χ2n) is 4.55. The van der Waals surface area contributed by atoms with E-state index in [0.717, 1.165) is 0 Å². The number of amides is 1. The first-order chi connectivity index (χ1) is 8.66. The quantitative estimate of drug-likeness (QED) is 0.729. The van der Waals surface area contributed by atoms with E-state index in [2.05, 4.69) is 5.32 Å². The topological polar surface area (TPSA) is 81.1 Å². The molecular formula is C13H19N3OS. The van der Waals surface area contributed by atoms with E-state index in [1.54, 1.807) is 18.2 Å². The van der Waals surface area contributed by atoms with Crippen molar-refractivity contribution in [3.63, 3.8) is 0 Å². The third-order valence-electron chi connectivity index (χ3n) is 3.08. The van der Waals surface area contributed by atoms with Crippen molar-refractivity contribution in [2.45, 2.75) is 24.5 Å². The summed E-state index contributed by atoms with van der Waals surface area (Å²) in [5, 5.41) is 3.49. The number of nitrogens with two attached hydrogens (primary N) is 2. The molecule has 0 spiro atoms. The van der Waals surface area contributed by atoms with E-state index in [-0.39, 0.29) is 5.91 Å². The molecule has 1 aliphatic rings. The molecule has 1 aromatic rings. The fourth-order valence-electron chi connectivity index (χ4n) is 2.06. The average molecular weight is 265 g/mol. The molecule has 1 saturated heterocycles. The molecule has 98 valence electrons. The molecule has 0 aromatic heterocycles. The van der Waals surface area contributed by atoms with Gasteiger partial charge >= 0.3 is 0 Å². The number of hydrogen-bond donors (Lipinski definition) is 3. The van der Waals surface area contributed by atoms with E-state index in [4.69, 9.17) is 11.5 Å². The van der Waals surface area contributed by atoms with Crippen LogP contribution < -0.4 is 16.8 Å². The molecule has 2 rings (SSSR count). The van der Waals surface area contributed by atoms with E-state index in [1.165, 1.54) is 25.0 Å². The van der Waals surface area contributed by atoms with Crippen LogP contribution in [-0.2, 0) is 0 Å². The van der Waals surface area contributed by atoms with E-state index in [1.807, 2.05) is 11.8 Å². The standard InChI is InChI=1S/C13H19N3OS/c14-9-4-5-11(12(15)7-9)13(17)16-8-10-3-1-2-6-18-10/h4-5,7,10H,1-3,6,8,14-15H2,(H,16,17). The van der Waals surface area contributed by atoms with Crippen molar-refractivity contribution in [3.8, 4) is 0 Å². The molecule has 1 aliphatic heterocycles. The van der Waals surface area contributed by atoms with Crippen LogP contribution in [0, 0.1) is 0 Å². The SMILES string of the molecule is Nc1ccc(C(=O)NCC2CCCCS2)c(N)c1. The van der Waals surface area contributed by atoms with Crippen LogP contribution in [0.2, 0.25) is 0 Å². The van der Waals surface area contributed by atoms with Crippen molar-refractivity contribution in [1.29, 1.82) is 0 Å². The minimum absolute atomic E-state index is 0.112. The largest absolute Gasteiger partial charge is 0.399 e. The third-order valence-corrected chi connectivity index (χ3v) is 4.48. The molecule has 0 bridgehead atoms. The van der Waals surface area contributed by atoms with Crippen LogP contribution in [0.4, 0.5) is 11.4 Å². The van der Waals surface area contributed by atoms with Gasteiger partial charge in [0.05, 0.1) is 5.56 Å². The lowest BCUT2D eigenvalue weighted by molar-refractivity contribution is 0.0954. The van der Waals surface area contributed by atoms with Gasteiger partial charge in [0.2, 0.25) is 0 Å². The maximum absolute atomic E-state index is 12.0. The third kappa shape index (κ3) is 3.32. The smallest absolute Gasteiger partial charge is 0.253 e. The predicted octanol–water partition coefficient (Wildman–Crippen LogP) is 1.87. The molecule has 1 heterocycles. The van der Waals surface area contributed by atoms with Crippen LogP contribution in [0.15, 0.2) is 18.2 Å². The molecule has 1 atom stereocenters. The van der Waals surface area contributed by atoms with Gasteiger partial charge in [0.15, 0.2) is 0 Å². The summed E-state index contributed by atoms with van der Waals surface area (Å²) in [5.41, 5.74) is 12.9. The fraction of sp³-hybridized carbons (Fsp3) is 0.462. The Morgan fingerprint density at radius 1 is 1.39 bits per heavy atom. The Morgan fingerprint density at radius 3 is 2.89 bits per heavy atom. The maximum Gasteiger partial charge on any atom is 0.253 e. The van der Waals surface area contributed by atoms with Gasteiger partial charge in [0.1, 0.15) is 0 Å². The molecular weight excluding hydrogens is 246 g/mol. The van der Waals surface area contributed by atoms with Crippen molar-refractivity contribution in [2.75, 3.05) is 23.8 Å². The molecule has 1 unspecified atom stereocenters. The highest BCUT2D eigenvalue weighted by atomic mass is 32.2. The van der Waals surface area contributed by atoms with Crippen molar-refractivity contribution >= 4 is 29.0 Å². The molecule has 1 amide bonds. The van der Waals surface area contributed by atoms with Crippen LogP contribution >= 0.6 is 11.8 Å². The molecule has 0 aliphatic carbocycles. The van der Waals surface area contributed by atoms with E-state index in [9.17, 15) is 4.79 Å². The second-order valence-corrected chi connectivity index (χ2v) is 5.95. The number of nitrogen functional groups attached to an aromatic ring is 2. The van der Waals surface area contributed by atoms with Crippen LogP contribution in [-0.4, -0.2) is 23.5 Å². The van der Waals surface area contributed by atoms with Crippen LogP contribution in [0.3, 0.4) is 0 Å². The Hall–Kier alpha value is -1.36. The summed E-state index contributed by atoms with van der Waals surface area (Å²) in [7, 11) is 0. The Morgan fingerprint density at radius 2 is 2.22 bits per heavy atom. The van der Waals surface area contributed by atoms with Gasteiger partial charge in [-0.05, 0) is 36.8 Å². The number of thioether (sulfide) groups is 1. The Balaban J connectivity index is 1.90. The summed E-state index contributed by atoms with van der Waals surface area (Å²) in [6, 6.07) is 4.99. The zero-order valence-electron chi connectivity index (χ0n) is 10.3. The van der Waals surface area contributed by atoms with Gasteiger partial charge in [0, 0.05) is 23.2 Å². The van der Waals surface area contributed by atoms with Crippen molar-refractivity contribution in [2.24, 2.45) is 0 Å². The highest BCUT2D eigenvalue weighted by Crippen LogP contribution is 2.24. The number of rotatable bonds is 3. The highest BCUT2D eigenvalue weighted by molar-refractivity contribution is 7.99. The van der Waals surface area contributed by atoms with Gasteiger partial charge in [-0.25, -0.2) is 0 Å². The lowest BCUT2D eigenvalue weighted by atomic mass is 10.1. The van der Waals surface area contributed by atoms with Gasteiger partial charge in [-0.15, -0.1) is 0 Å². The Bertz CT molecular complexity index is 430. The van der Waals surface area contributed by atoms with Gasteiger partial charge in [-0.1, -0.05) is 6.42 Å². The lowest BCUT2D eigenvalue weighted by Gasteiger charge is -2.21. The minimum Gasteiger partial charge on any atom is -0.399 e.